The van der Waals surface area contributed by atoms with Crippen LogP contribution in [0, 0.1) is 0 Å². The van der Waals surface area contributed by atoms with E-state index in [2.05, 4.69) is 311 Å². The molecule has 410 valence electrons. The second-order valence-electron chi connectivity index (χ2n) is 23.1. The van der Waals surface area contributed by atoms with E-state index in [1.807, 2.05) is 23.5 Å². The van der Waals surface area contributed by atoms with Gasteiger partial charge in [-0.3, -0.25) is 0 Å². The number of benzene rings is 13. The highest BCUT2D eigenvalue weighted by Gasteiger charge is 2.48. The van der Waals surface area contributed by atoms with Crippen LogP contribution in [0.4, 0.5) is 68.2 Å². The zero-order valence-corrected chi connectivity index (χ0v) is 48.9. The van der Waals surface area contributed by atoms with Crippen LogP contribution in [0.1, 0.15) is 0 Å². The molecule has 13 aromatic carbocycles. The predicted molar refractivity (Wildman–Crippen MR) is 370 cm³/mol. The summed E-state index contributed by atoms with van der Waals surface area (Å²) in [5.41, 5.74) is 24.3. The van der Waals surface area contributed by atoms with Crippen LogP contribution in [0.15, 0.2) is 320 Å². The fraction of sp³-hybridized carbons (Fsp3) is 0. The summed E-state index contributed by atoms with van der Waals surface area (Å²) in [7, 11) is 0. The maximum absolute atomic E-state index is 7.35. The lowest BCUT2D eigenvalue weighted by molar-refractivity contribution is 0.661. The van der Waals surface area contributed by atoms with Gasteiger partial charge >= 0.3 is 0 Å². The Morgan fingerprint density at radius 3 is 1.02 bits per heavy atom. The molecule has 4 aliphatic rings. The highest BCUT2D eigenvalue weighted by molar-refractivity contribution is 8.00. The topological polar surface area (TPSA) is 39.2 Å². The molecule has 0 fully saturated rings. The first-order valence-electron chi connectivity index (χ1n) is 30.0. The number of para-hydroxylation sites is 6. The molecule has 2 aromatic heterocycles. The van der Waals surface area contributed by atoms with E-state index in [1.165, 1.54) is 42.6 Å². The minimum atomic E-state index is -0.111. The minimum Gasteiger partial charge on any atom is -0.455 e. The Morgan fingerprint density at radius 1 is 0.284 bits per heavy atom. The van der Waals surface area contributed by atoms with Gasteiger partial charge in [-0.05, 0) is 149 Å². The maximum atomic E-state index is 7.35. The van der Waals surface area contributed by atoms with Crippen molar-refractivity contribution in [3.63, 3.8) is 0 Å². The number of hydrogen-bond acceptors (Lipinski definition) is 8. The number of hydrogen-bond donors (Lipinski definition) is 0. The lowest BCUT2D eigenvalue weighted by atomic mass is 9.31. The lowest BCUT2D eigenvalue weighted by Crippen LogP contribution is -2.64. The first-order valence-corrected chi connectivity index (χ1v) is 31.6. The van der Waals surface area contributed by atoms with E-state index < -0.39 is 0 Å². The molecule has 88 heavy (non-hydrogen) atoms. The number of rotatable bonds is 8. The van der Waals surface area contributed by atoms with Crippen molar-refractivity contribution in [1.82, 2.24) is 0 Å². The third-order valence-electron chi connectivity index (χ3n) is 18.3. The largest absolute Gasteiger partial charge is 0.455 e. The summed E-state index contributed by atoms with van der Waals surface area (Å²) < 4.78 is 14.7. The first-order chi connectivity index (χ1) is 43.7. The third kappa shape index (κ3) is 7.43. The Balaban J connectivity index is 0.857. The fourth-order valence-electron chi connectivity index (χ4n) is 14.6. The molecule has 0 amide bonds. The van der Waals surface area contributed by atoms with E-state index in [1.54, 1.807) is 0 Å². The summed E-state index contributed by atoms with van der Waals surface area (Å²) in [6.07, 6.45) is 0. The van der Waals surface area contributed by atoms with Crippen LogP contribution in [0.2, 0.25) is 0 Å². The number of anilines is 12. The molecule has 19 rings (SSSR count). The minimum absolute atomic E-state index is 0.111. The number of fused-ring (bicyclic) bond motifs is 16. The van der Waals surface area contributed by atoms with Gasteiger partial charge in [0.05, 0.1) is 9.79 Å². The van der Waals surface area contributed by atoms with Crippen molar-refractivity contribution in [2.24, 2.45) is 0 Å². The molecule has 0 radical (unpaired) electrons. The quantitative estimate of drug-likeness (QED) is 0.139. The summed E-state index contributed by atoms with van der Waals surface area (Å²) in [4.78, 5) is 14.5. The third-order valence-corrected chi connectivity index (χ3v) is 20.7. The molecule has 0 unspecified atom stereocenters. The zero-order chi connectivity index (χ0) is 57.6. The Bertz CT molecular complexity index is 4910. The van der Waals surface area contributed by atoms with E-state index >= 15 is 0 Å². The SMILES string of the molecule is c1ccc(N(c2ccccc2)c2ccc3c(c2)oc2c4c5c(cc23)N(c2ccccc2)c2cc3c(cc2B5c2ccccc2S4)B2c4ccccc4Sc4c2c(cc2c4oc4cc(N(c5ccccc5)c5ccccc5)ccc42)N3c2ccccc2)cc1. The van der Waals surface area contributed by atoms with Gasteiger partial charge in [0, 0.05) is 112 Å². The molecule has 0 N–H and O–H groups in total. The van der Waals surface area contributed by atoms with E-state index in [9.17, 15) is 0 Å². The van der Waals surface area contributed by atoms with E-state index in [-0.39, 0.29) is 13.4 Å². The Kier molecular flexibility index (Phi) is 11.0. The molecular formula is C78H48B2N4O2S2. The molecular weight excluding hydrogens is 1110 g/mol. The van der Waals surface area contributed by atoms with Gasteiger partial charge in [0.2, 0.25) is 13.4 Å². The van der Waals surface area contributed by atoms with Crippen LogP contribution in [-0.4, -0.2) is 13.4 Å². The summed E-state index contributed by atoms with van der Waals surface area (Å²) in [6.45, 7) is -0.222. The molecule has 6 nitrogen and oxygen atoms in total. The predicted octanol–water partition coefficient (Wildman–Crippen LogP) is 18.0. The highest BCUT2D eigenvalue weighted by Crippen LogP contribution is 2.52. The average Bonchev–Trinajstić information content (AvgIpc) is 1.15. The van der Waals surface area contributed by atoms with Gasteiger partial charge in [-0.1, -0.05) is 186 Å². The molecule has 0 aliphatic carbocycles. The monoisotopic (exact) mass is 1160 g/mol. The number of furan rings is 2. The lowest BCUT2D eigenvalue weighted by Gasteiger charge is -2.44. The van der Waals surface area contributed by atoms with Crippen molar-refractivity contribution in [1.29, 1.82) is 0 Å². The van der Waals surface area contributed by atoms with Crippen LogP contribution >= 0.6 is 23.5 Å². The van der Waals surface area contributed by atoms with E-state index in [0.29, 0.717) is 0 Å². The second-order valence-corrected chi connectivity index (χ2v) is 25.2. The van der Waals surface area contributed by atoms with Crippen LogP contribution in [0.25, 0.3) is 43.9 Å². The smallest absolute Gasteiger partial charge is 0.249 e. The van der Waals surface area contributed by atoms with Crippen LogP contribution in [0.3, 0.4) is 0 Å². The standard InChI is InChI=1S/C78H48B2N4O2S2/c1-7-23-49(24-8-1)81(50-25-9-2-10-26-50)55-39-41-57-59-45-67-73-77(75(59)85-69(57)43-55)87-71-37-21-19-35-61(71)79(73)63-47-64-66(48-65(63)83(67)53-31-15-5-16-32-53)84(54-33-17-6-18-34-54)68-46-60-58-42-40-56(82(51-27-11-3-12-28-51)52-29-13-4-14-30-52)44-70(58)86-76(60)78-74(68)80(64)62-36-20-22-38-72(62)88-78/h1-48H. The van der Waals surface area contributed by atoms with Crippen LogP contribution in [-0.2, 0) is 0 Å². The molecule has 6 heterocycles. The Labute approximate surface area is 517 Å². The van der Waals surface area contributed by atoms with Gasteiger partial charge in [-0.15, -0.1) is 0 Å². The van der Waals surface area contributed by atoms with E-state index in [0.717, 1.165) is 122 Å². The molecule has 4 aliphatic heterocycles. The van der Waals surface area contributed by atoms with Crippen molar-refractivity contribution in [2.75, 3.05) is 19.6 Å². The molecule has 0 spiro atoms. The summed E-state index contributed by atoms with van der Waals surface area (Å²) in [5.74, 6) is 0. The molecule has 10 heteroatoms. The van der Waals surface area contributed by atoms with E-state index in [4.69, 9.17) is 8.83 Å². The number of nitrogens with zero attached hydrogens (tertiary/aromatic N) is 4. The highest BCUT2D eigenvalue weighted by atomic mass is 32.2. The normalized spacial score (nSPS) is 13.3. The van der Waals surface area contributed by atoms with Gasteiger partial charge in [0.25, 0.3) is 0 Å². The molecule has 0 atom stereocenters. The van der Waals surface area contributed by atoms with Gasteiger partial charge in [0.1, 0.15) is 22.3 Å². The summed E-state index contributed by atoms with van der Waals surface area (Å²) in [5, 5.41) is 4.34. The molecule has 0 saturated heterocycles. The summed E-state index contributed by atoms with van der Waals surface area (Å²) in [6, 6.07) is 106. The molecule has 0 saturated carbocycles. The Hall–Kier alpha value is -10.5. The second kappa shape index (κ2) is 19.5. The Morgan fingerprint density at radius 2 is 0.636 bits per heavy atom. The zero-order valence-electron chi connectivity index (χ0n) is 47.3. The maximum Gasteiger partial charge on any atom is 0.249 e. The van der Waals surface area contributed by atoms with Crippen LogP contribution < -0.4 is 52.4 Å². The fourth-order valence-corrected chi connectivity index (χ4v) is 17.1. The average molecular weight is 1160 g/mol. The van der Waals surface area contributed by atoms with Crippen molar-refractivity contribution in [3.05, 3.63) is 291 Å². The molecule has 0 bridgehead atoms. The first kappa shape index (κ1) is 49.7. The summed E-state index contributed by atoms with van der Waals surface area (Å²) >= 11 is 3.68. The van der Waals surface area contributed by atoms with Gasteiger partial charge in [-0.2, -0.15) is 0 Å². The van der Waals surface area contributed by atoms with Gasteiger partial charge < -0.3 is 28.4 Å². The van der Waals surface area contributed by atoms with Crippen molar-refractivity contribution >= 4 is 182 Å². The van der Waals surface area contributed by atoms with Crippen LogP contribution in [0.5, 0.6) is 0 Å². The molecule has 15 aromatic rings. The van der Waals surface area contributed by atoms with Gasteiger partial charge in [-0.25, -0.2) is 0 Å². The van der Waals surface area contributed by atoms with Crippen molar-refractivity contribution in [2.45, 2.75) is 19.6 Å². The van der Waals surface area contributed by atoms with Crippen molar-refractivity contribution < 1.29 is 8.83 Å². The van der Waals surface area contributed by atoms with Gasteiger partial charge in [0.15, 0.2) is 0 Å². The van der Waals surface area contributed by atoms with Crippen molar-refractivity contribution in [3.8, 4) is 0 Å².